The van der Waals surface area contributed by atoms with Gasteiger partial charge >= 0.3 is 6.03 Å². The summed E-state index contributed by atoms with van der Waals surface area (Å²) in [5, 5.41) is 17.8. The first-order valence-corrected chi connectivity index (χ1v) is 15.5. The fourth-order valence-corrected chi connectivity index (χ4v) is 7.08. The Labute approximate surface area is 243 Å². The topological polar surface area (TPSA) is 153 Å². The highest BCUT2D eigenvalue weighted by molar-refractivity contribution is 7.89. The van der Waals surface area contributed by atoms with Crippen LogP contribution in [-0.4, -0.2) is 94.3 Å². The van der Waals surface area contributed by atoms with Gasteiger partial charge in [-0.05, 0) is 31.9 Å². The summed E-state index contributed by atoms with van der Waals surface area (Å²) >= 11 is 0.675. The normalized spacial score (nSPS) is 16.8. The van der Waals surface area contributed by atoms with E-state index in [-0.39, 0.29) is 16.1 Å². The molecule has 0 bridgehead atoms. The molecule has 2 amide bonds. The molecule has 17 heteroatoms. The molecule has 2 aliphatic rings. The second-order valence-electron chi connectivity index (χ2n) is 10.2. The first kappa shape index (κ1) is 28.1. The number of benzene rings is 1. The lowest BCUT2D eigenvalue weighted by Crippen LogP contribution is -2.52. The lowest BCUT2D eigenvalue weighted by molar-refractivity contribution is 0.150. The van der Waals surface area contributed by atoms with Gasteiger partial charge in [0.2, 0.25) is 15.2 Å². The summed E-state index contributed by atoms with van der Waals surface area (Å²) in [5.74, 6) is 0.563. The van der Waals surface area contributed by atoms with Crippen molar-refractivity contribution in [2.75, 3.05) is 44.7 Å². The van der Waals surface area contributed by atoms with Gasteiger partial charge in [0.05, 0.1) is 21.9 Å². The minimum atomic E-state index is -4.08. The van der Waals surface area contributed by atoms with E-state index in [1.54, 1.807) is 22.9 Å². The van der Waals surface area contributed by atoms with Crippen molar-refractivity contribution in [1.29, 1.82) is 5.26 Å². The molecular formula is C25H26F2N10O3S2. The number of aromatic nitrogens is 5. The van der Waals surface area contributed by atoms with Gasteiger partial charge in [-0.15, -0.1) is 10.2 Å². The summed E-state index contributed by atoms with van der Waals surface area (Å²) in [6, 6.07) is 6.42. The van der Waals surface area contributed by atoms with Crippen LogP contribution in [0.4, 0.5) is 19.4 Å². The Hall–Kier alpha value is -4.01. The van der Waals surface area contributed by atoms with Gasteiger partial charge in [0, 0.05) is 45.2 Å². The van der Waals surface area contributed by atoms with Gasteiger partial charge in [-0.2, -0.15) is 9.98 Å². The highest BCUT2D eigenvalue weighted by Gasteiger charge is 2.47. The molecule has 1 N–H and O–H groups in total. The number of nitrogens with zero attached hydrogens (tertiary/aromatic N) is 9. The van der Waals surface area contributed by atoms with Crippen LogP contribution in [-0.2, 0) is 10.0 Å². The van der Waals surface area contributed by atoms with Crippen LogP contribution in [0.1, 0.15) is 31.2 Å². The van der Waals surface area contributed by atoms with Crippen molar-refractivity contribution >= 4 is 55.1 Å². The number of carbonyl (C=O) groups is 1. The number of amides is 2. The van der Waals surface area contributed by atoms with Gasteiger partial charge in [0.1, 0.15) is 17.7 Å². The third-order valence-electron chi connectivity index (χ3n) is 7.56. The molecule has 4 aromatic rings. The SMILES string of the molecule is CCN(C)C(=O)N1CCN(c2ncnc3c2c2ccc(S(=O)(=O)NC4(C#N)CC4)cc2n3-c2nnc(C(F)F)s2)CC1. The predicted octanol–water partition coefficient (Wildman–Crippen LogP) is 2.89. The molecule has 6 rings (SSSR count). The lowest BCUT2D eigenvalue weighted by atomic mass is 10.2. The van der Waals surface area contributed by atoms with E-state index >= 15 is 0 Å². The van der Waals surface area contributed by atoms with E-state index in [2.05, 4.69) is 24.9 Å². The Morgan fingerprint density at radius 1 is 1.21 bits per heavy atom. The van der Waals surface area contributed by atoms with E-state index in [1.807, 2.05) is 17.9 Å². The smallest absolute Gasteiger partial charge is 0.319 e. The minimum absolute atomic E-state index is 0.0561. The molecule has 0 spiro atoms. The molecule has 220 valence electrons. The number of alkyl halides is 2. The molecule has 42 heavy (non-hydrogen) atoms. The molecule has 0 radical (unpaired) electrons. The van der Waals surface area contributed by atoms with Crippen LogP contribution < -0.4 is 9.62 Å². The Balaban J connectivity index is 1.47. The first-order valence-electron chi connectivity index (χ1n) is 13.2. The van der Waals surface area contributed by atoms with E-state index in [4.69, 9.17) is 0 Å². The Bertz CT molecular complexity index is 1840. The molecule has 1 aromatic carbocycles. The number of hydrogen-bond donors (Lipinski definition) is 1. The number of halogens is 2. The number of nitrogens with one attached hydrogen (secondary N) is 1. The van der Waals surface area contributed by atoms with Gasteiger partial charge in [-0.3, -0.25) is 4.57 Å². The van der Waals surface area contributed by atoms with E-state index < -0.39 is 27.0 Å². The lowest BCUT2D eigenvalue weighted by Gasteiger charge is -2.37. The fraction of sp³-hybridized carbons (Fsp3) is 0.440. The third-order valence-corrected chi connectivity index (χ3v) is 10.0. The Morgan fingerprint density at radius 3 is 2.57 bits per heavy atom. The van der Waals surface area contributed by atoms with Crippen molar-refractivity contribution in [2.24, 2.45) is 0 Å². The molecule has 1 aliphatic carbocycles. The van der Waals surface area contributed by atoms with Gasteiger partial charge < -0.3 is 14.7 Å². The summed E-state index contributed by atoms with van der Waals surface area (Å²) in [5.41, 5.74) is -0.429. The van der Waals surface area contributed by atoms with Crippen molar-refractivity contribution < 1.29 is 22.0 Å². The Morgan fingerprint density at radius 2 is 1.95 bits per heavy atom. The maximum Gasteiger partial charge on any atom is 0.319 e. The number of rotatable bonds is 7. The molecule has 3 aromatic heterocycles. The highest BCUT2D eigenvalue weighted by Crippen LogP contribution is 2.40. The van der Waals surface area contributed by atoms with Crippen LogP contribution >= 0.6 is 11.3 Å². The average molecular weight is 617 g/mol. The summed E-state index contributed by atoms with van der Waals surface area (Å²) in [4.78, 5) is 27.0. The van der Waals surface area contributed by atoms with Crippen LogP contribution in [0.25, 0.3) is 27.1 Å². The van der Waals surface area contributed by atoms with Crippen molar-refractivity contribution in [2.45, 2.75) is 36.6 Å². The molecular weight excluding hydrogens is 590 g/mol. The van der Waals surface area contributed by atoms with Crippen LogP contribution in [0, 0.1) is 11.3 Å². The highest BCUT2D eigenvalue weighted by atomic mass is 32.2. The second-order valence-corrected chi connectivity index (χ2v) is 12.9. The number of urea groups is 1. The molecule has 4 heterocycles. The van der Waals surface area contributed by atoms with Crippen molar-refractivity contribution in [3.05, 3.63) is 29.5 Å². The number of nitriles is 1. The number of fused-ring (bicyclic) bond motifs is 3. The summed E-state index contributed by atoms with van der Waals surface area (Å²) in [6.07, 6.45) is -0.646. The van der Waals surface area contributed by atoms with Crippen LogP contribution in [0.15, 0.2) is 29.4 Å². The van der Waals surface area contributed by atoms with Crippen molar-refractivity contribution in [3.63, 3.8) is 0 Å². The standard InChI is InChI=1S/C25H26F2N10O3S2/c1-3-34(2)24(38)36-10-8-35(9-11-36)20-18-16-5-4-15(42(39,40)33-25(13-28)6-7-25)12-17(16)37(21(18)30-14-29-20)23-32-31-22(41-23)19(26)27/h4-5,12,14,19,33H,3,6-11H2,1-2H3. The van der Waals surface area contributed by atoms with Crippen molar-refractivity contribution in [1.82, 2.24) is 39.3 Å². The summed E-state index contributed by atoms with van der Waals surface area (Å²) in [6.45, 7) is 4.41. The molecule has 1 aliphatic heterocycles. The largest absolute Gasteiger partial charge is 0.352 e. The zero-order valence-electron chi connectivity index (χ0n) is 22.7. The van der Waals surface area contributed by atoms with Gasteiger partial charge in [-0.1, -0.05) is 17.4 Å². The molecule has 0 atom stereocenters. The predicted molar refractivity (Wildman–Crippen MR) is 150 cm³/mol. The van der Waals surface area contributed by atoms with E-state index in [9.17, 15) is 27.3 Å². The average Bonchev–Trinajstić information content (AvgIpc) is 3.43. The zero-order chi connectivity index (χ0) is 29.8. The van der Waals surface area contributed by atoms with Gasteiger partial charge in [0.25, 0.3) is 6.43 Å². The molecule has 13 nitrogen and oxygen atoms in total. The van der Waals surface area contributed by atoms with Gasteiger partial charge in [-0.25, -0.2) is 32.0 Å². The molecule has 1 saturated carbocycles. The van der Waals surface area contributed by atoms with Crippen molar-refractivity contribution in [3.8, 4) is 11.2 Å². The van der Waals surface area contributed by atoms with Crippen LogP contribution in [0.5, 0.6) is 0 Å². The Kier molecular flexibility index (Phi) is 6.94. The van der Waals surface area contributed by atoms with E-state index in [0.717, 1.165) is 0 Å². The number of anilines is 1. The monoisotopic (exact) mass is 616 g/mol. The second kappa shape index (κ2) is 10.4. The third kappa shape index (κ3) is 4.78. The molecule has 0 unspecified atom stereocenters. The number of piperazine rings is 1. The van der Waals surface area contributed by atoms with Gasteiger partial charge in [0.15, 0.2) is 10.7 Å². The quantitative estimate of drug-likeness (QED) is 0.330. The minimum Gasteiger partial charge on any atom is -0.352 e. The fourth-order valence-electron chi connectivity index (χ4n) is 4.97. The summed E-state index contributed by atoms with van der Waals surface area (Å²) in [7, 11) is -2.34. The molecule has 1 saturated heterocycles. The first-order chi connectivity index (χ1) is 20.1. The number of sulfonamides is 1. The molecule has 2 fully saturated rings. The van der Waals surface area contributed by atoms with Crippen LogP contribution in [0.3, 0.4) is 0 Å². The van der Waals surface area contributed by atoms with E-state index in [1.165, 1.54) is 23.0 Å². The zero-order valence-corrected chi connectivity index (χ0v) is 24.3. The number of hydrogen-bond acceptors (Lipinski definition) is 10. The van der Waals surface area contributed by atoms with Crippen LogP contribution in [0.2, 0.25) is 0 Å². The summed E-state index contributed by atoms with van der Waals surface area (Å²) < 4.78 is 57.4. The van der Waals surface area contributed by atoms with E-state index in [0.29, 0.717) is 84.7 Å². The number of carbonyl (C=O) groups excluding carboxylic acids is 1. The maximum atomic E-state index is 13.5. The maximum absolute atomic E-state index is 13.5.